The van der Waals surface area contributed by atoms with Crippen LogP contribution in [0, 0.1) is 23.7 Å². The molecule has 3 amide bonds. The van der Waals surface area contributed by atoms with Crippen LogP contribution >= 0.6 is 0 Å². The number of nitrogens with one attached hydrogen (secondary N) is 1. The standard InChI is InChI=1S/C22H30N4O2/c23-22(18-7-16-6-17(9-18)10-19(22)8-16)13-24-21(28)26-12-20(27)25(14-26)11-15-4-2-1-3-5-15/h1-5,16-19H,6-14,23H2,(H,24,28). The van der Waals surface area contributed by atoms with Gasteiger partial charge in [-0.15, -0.1) is 0 Å². The topological polar surface area (TPSA) is 78.7 Å². The average molecular weight is 383 g/mol. The lowest BCUT2D eigenvalue weighted by atomic mass is 9.49. The molecule has 0 radical (unpaired) electrons. The first kappa shape index (κ1) is 18.0. The molecule has 0 unspecified atom stereocenters. The summed E-state index contributed by atoms with van der Waals surface area (Å²) in [6.45, 7) is 1.56. The highest BCUT2D eigenvalue weighted by atomic mass is 16.2. The predicted molar refractivity (Wildman–Crippen MR) is 106 cm³/mol. The molecule has 3 N–H and O–H groups in total. The highest BCUT2D eigenvalue weighted by molar-refractivity contribution is 5.87. The minimum Gasteiger partial charge on any atom is -0.336 e. The van der Waals surface area contributed by atoms with Crippen LogP contribution in [0.2, 0.25) is 0 Å². The first-order chi connectivity index (χ1) is 13.5. The van der Waals surface area contributed by atoms with Gasteiger partial charge in [0.1, 0.15) is 6.54 Å². The van der Waals surface area contributed by atoms with Gasteiger partial charge in [0, 0.05) is 18.6 Å². The van der Waals surface area contributed by atoms with Crippen LogP contribution in [0.15, 0.2) is 30.3 Å². The number of amides is 3. The van der Waals surface area contributed by atoms with E-state index in [2.05, 4.69) is 5.32 Å². The Labute approximate surface area is 166 Å². The van der Waals surface area contributed by atoms with Crippen molar-refractivity contribution in [1.82, 2.24) is 15.1 Å². The molecule has 28 heavy (non-hydrogen) atoms. The molecule has 6 heteroatoms. The Balaban J connectivity index is 1.18. The van der Waals surface area contributed by atoms with E-state index >= 15 is 0 Å². The molecule has 1 aromatic rings. The molecule has 4 saturated carbocycles. The molecule has 150 valence electrons. The maximum atomic E-state index is 12.7. The van der Waals surface area contributed by atoms with Crippen LogP contribution in [0.4, 0.5) is 4.79 Å². The first-order valence-electron chi connectivity index (χ1n) is 10.6. The summed E-state index contributed by atoms with van der Waals surface area (Å²) in [5.41, 5.74) is 7.69. The van der Waals surface area contributed by atoms with Crippen LogP contribution in [0.1, 0.15) is 37.7 Å². The van der Waals surface area contributed by atoms with Gasteiger partial charge in [0.25, 0.3) is 0 Å². The highest BCUT2D eigenvalue weighted by Crippen LogP contribution is 2.57. The number of nitrogens with two attached hydrogens (primary N) is 1. The van der Waals surface area contributed by atoms with E-state index in [0.717, 1.165) is 17.4 Å². The number of carbonyl (C=O) groups excluding carboxylic acids is 2. The quantitative estimate of drug-likeness (QED) is 0.838. The lowest BCUT2D eigenvalue weighted by Crippen LogP contribution is -2.67. The molecule has 1 heterocycles. The summed E-state index contributed by atoms with van der Waals surface area (Å²) in [5, 5.41) is 3.08. The molecule has 1 aromatic carbocycles. The summed E-state index contributed by atoms with van der Waals surface area (Å²) < 4.78 is 0. The van der Waals surface area contributed by atoms with Crippen LogP contribution in [0.3, 0.4) is 0 Å². The third-order valence-corrected chi connectivity index (χ3v) is 7.73. The van der Waals surface area contributed by atoms with Crippen molar-refractivity contribution in [3.05, 3.63) is 35.9 Å². The number of carbonyl (C=O) groups is 2. The zero-order valence-electron chi connectivity index (χ0n) is 16.3. The van der Waals surface area contributed by atoms with Crippen molar-refractivity contribution in [3.8, 4) is 0 Å². The smallest absolute Gasteiger partial charge is 0.319 e. The molecule has 1 aliphatic heterocycles. The second-order valence-corrected chi connectivity index (χ2v) is 9.49. The monoisotopic (exact) mass is 382 g/mol. The van der Waals surface area contributed by atoms with Gasteiger partial charge in [0.2, 0.25) is 5.91 Å². The average Bonchev–Trinajstić information content (AvgIpc) is 3.05. The van der Waals surface area contributed by atoms with Crippen LogP contribution in [-0.4, -0.2) is 47.0 Å². The van der Waals surface area contributed by atoms with Crippen LogP contribution in [0.5, 0.6) is 0 Å². The number of rotatable bonds is 4. The van der Waals surface area contributed by atoms with E-state index in [4.69, 9.17) is 5.73 Å². The molecular formula is C22H30N4O2. The van der Waals surface area contributed by atoms with Crippen molar-refractivity contribution in [2.75, 3.05) is 19.8 Å². The molecule has 4 aliphatic carbocycles. The summed E-state index contributed by atoms with van der Waals surface area (Å²) in [6.07, 6.45) is 6.31. The van der Waals surface area contributed by atoms with Crippen molar-refractivity contribution in [2.24, 2.45) is 29.4 Å². The number of benzene rings is 1. The largest absolute Gasteiger partial charge is 0.336 e. The molecule has 5 aliphatic rings. The first-order valence-corrected chi connectivity index (χ1v) is 10.6. The van der Waals surface area contributed by atoms with Crippen molar-refractivity contribution in [2.45, 2.75) is 44.2 Å². The van der Waals surface area contributed by atoms with E-state index in [1.165, 1.54) is 32.1 Å². The van der Waals surface area contributed by atoms with Crippen LogP contribution < -0.4 is 11.1 Å². The lowest BCUT2D eigenvalue weighted by Gasteiger charge is -2.59. The summed E-state index contributed by atoms with van der Waals surface area (Å²) in [5.74, 6) is 2.80. The van der Waals surface area contributed by atoms with Gasteiger partial charge in [-0.25, -0.2) is 4.79 Å². The zero-order valence-corrected chi connectivity index (χ0v) is 16.3. The normalized spacial score (nSPS) is 36.2. The Hall–Kier alpha value is -2.08. The Morgan fingerprint density at radius 3 is 2.36 bits per heavy atom. The van der Waals surface area contributed by atoms with E-state index in [1.54, 1.807) is 9.80 Å². The van der Waals surface area contributed by atoms with Gasteiger partial charge in [0.05, 0.1) is 6.67 Å². The zero-order chi connectivity index (χ0) is 19.3. The van der Waals surface area contributed by atoms with Gasteiger partial charge >= 0.3 is 6.03 Å². The number of urea groups is 1. The molecule has 5 fully saturated rings. The fraction of sp³-hybridized carbons (Fsp3) is 0.636. The number of hydrogen-bond acceptors (Lipinski definition) is 3. The van der Waals surface area contributed by atoms with Gasteiger partial charge in [-0.05, 0) is 61.3 Å². The molecular weight excluding hydrogens is 352 g/mol. The number of hydrogen-bond donors (Lipinski definition) is 2. The lowest BCUT2D eigenvalue weighted by molar-refractivity contribution is -0.127. The van der Waals surface area contributed by atoms with Crippen molar-refractivity contribution >= 4 is 11.9 Å². The van der Waals surface area contributed by atoms with Gasteiger partial charge in [0.15, 0.2) is 0 Å². The molecule has 0 atom stereocenters. The fourth-order valence-corrected chi connectivity index (χ4v) is 6.37. The molecule has 0 spiro atoms. The predicted octanol–water partition coefficient (Wildman–Crippen LogP) is 2.15. The van der Waals surface area contributed by atoms with Gasteiger partial charge in [-0.3, -0.25) is 9.69 Å². The van der Waals surface area contributed by atoms with Crippen LogP contribution in [0.25, 0.3) is 0 Å². The Morgan fingerprint density at radius 1 is 1.07 bits per heavy atom. The molecule has 6 nitrogen and oxygen atoms in total. The number of nitrogens with zero attached hydrogens (tertiary/aromatic N) is 2. The maximum absolute atomic E-state index is 12.7. The third kappa shape index (κ3) is 3.08. The van der Waals surface area contributed by atoms with Gasteiger partial charge in [-0.2, -0.15) is 0 Å². The summed E-state index contributed by atoms with van der Waals surface area (Å²) in [7, 11) is 0. The molecule has 4 bridgehead atoms. The Bertz CT molecular complexity index is 737. The Kier molecular flexibility index (Phi) is 4.34. The van der Waals surface area contributed by atoms with Crippen molar-refractivity contribution < 1.29 is 9.59 Å². The SMILES string of the molecule is NC1(CNC(=O)N2CC(=O)N(Cc3ccccc3)C2)C2CC3CC(C2)CC1C3. The minimum absolute atomic E-state index is 0.00362. The van der Waals surface area contributed by atoms with E-state index < -0.39 is 0 Å². The minimum atomic E-state index is -0.267. The molecule has 1 saturated heterocycles. The molecule has 0 aromatic heterocycles. The van der Waals surface area contributed by atoms with E-state index in [0.29, 0.717) is 31.6 Å². The van der Waals surface area contributed by atoms with Gasteiger partial charge in [-0.1, -0.05) is 30.3 Å². The van der Waals surface area contributed by atoms with Crippen molar-refractivity contribution in [1.29, 1.82) is 0 Å². The van der Waals surface area contributed by atoms with Gasteiger partial charge < -0.3 is 16.0 Å². The fourth-order valence-electron chi connectivity index (χ4n) is 6.37. The maximum Gasteiger partial charge on any atom is 0.319 e. The van der Waals surface area contributed by atoms with E-state index in [1.807, 2.05) is 30.3 Å². The second kappa shape index (κ2) is 6.76. The second-order valence-electron chi connectivity index (χ2n) is 9.49. The third-order valence-electron chi connectivity index (χ3n) is 7.73. The summed E-state index contributed by atoms with van der Waals surface area (Å²) in [4.78, 5) is 28.4. The molecule has 6 rings (SSSR count). The van der Waals surface area contributed by atoms with Crippen LogP contribution in [-0.2, 0) is 11.3 Å². The Morgan fingerprint density at radius 2 is 1.71 bits per heavy atom. The van der Waals surface area contributed by atoms with E-state index in [-0.39, 0.29) is 24.0 Å². The highest BCUT2D eigenvalue weighted by Gasteiger charge is 2.55. The summed E-state index contributed by atoms with van der Waals surface area (Å²) in [6, 6.07) is 9.73. The van der Waals surface area contributed by atoms with E-state index in [9.17, 15) is 9.59 Å². The van der Waals surface area contributed by atoms with Crippen molar-refractivity contribution in [3.63, 3.8) is 0 Å². The summed E-state index contributed by atoms with van der Waals surface area (Å²) >= 11 is 0.